The second kappa shape index (κ2) is 4.07. The number of nitrogens with zero attached hydrogens (tertiary/aromatic N) is 1. The summed E-state index contributed by atoms with van der Waals surface area (Å²) < 4.78 is 0. The molecule has 0 aromatic heterocycles. The van der Waals surface area contributed by atoms with Crippen molar-refractivity contribution in [2.24, 2.45) is 17.4 Å². The van der Waals surface area contributed by atoms with Gasteiger partial charge in [-0.25, -0.2) is 0 Å². The number of nitrogens with two attached hydrogens (primary N) is 2. The van der Waals surface area contributed by atoms with Gasteiger partial charge in [-0.1, -0.05) is 18.2 Å². The van der Waals surface area contributed by atoms with E-state index in [0.29, 0.717) is 11.5 Å². The van der Waals surface area contributed by atoms with Gasteiger partial charge in [-0.3, -0.25) is 4.79 Å². The Kier molecular flexibility index (Phi) is 2.64. The van der Waals surface area contributed by atoms with Crippen molar-refractivity contribution >= 4 is 5.91 Å². The third kappa shape index (κ3) is 1.64. The maximum Gasteiger partial charge on any atom is 0.249 e. The van der Waals surface area contributed by atoms with Gasteiger partial charge in [0.25, 0.3) is 0 Å². The molecule has 3 saturated heterocycles. The maximum absolute atomic E-state index is 11.6. The molecule has 2 bridgehead atoms. The summed E-state index contributed by atoms with van der Waals surface area (Å²) in [4.78, 5) is 14.0. The SMILES string of the molecule is NC(=O)c1ccccc1C1(N)CN2CCC1CC2. The lowest BCUT2D eigenvalue weighted by Gasteiger charge is -2.52. The van der Waals surface area contributed by atoms with Crippen LogP contribution in [0.4, 0.5) is 0 Å². The Morgan fingerprint density at radius 1 is 1.28 bits per heavy atom. The van der Waals surface area contributed by atoms with Gasteiger partial charge >= 0.3 is 0 Å². The van der Waals surface area contributed by atoms with Crippen molar-refractivity contribution < 1.29 is 4.79 Å². The van der Waals surface area contributed by atoms with E-state index in [9.17, 15) is 4.79 Å². The van der Waals surface area contributed by atoms with E-state index in [2.05, 4.69) is 4.90 Å². The van der Waals surface area contributed by atoms with E-state index >= 15 is 0 Å². The highest BCUT2D eigenvalue weighted by molar-refractivity contribution is 5.94. The first kappa shape index (κ1) is 11.7. The minimum Gasteiger partial charge on any atom is -0.366 e. The number of carbonyl (C=O) groups is 1. The fraction of sp³-hybridized carbons (Fsp3) is 0.500. The number of amides is 1. The van der Waals surface area contributed by atoms with Gasteiger partial charge in [-0.05, 0) is 43.5 Å². The van der Waals surface area contributed by atoms with Crippen molar-refractivity contribution in [1.29, 1.82) is 0 Å². The van der Waals surface area contributed by atoms with Gasteiger partial charge in [0.05, 0.1) is 5.54 Å². The Morgan fingerprint density at radius 3 is 2.50 bits per heavy atom. The van der Waals surface area contributed by atoms with Crippen LogP contribution in [0.15, 0.2) is 24.3 Å². The summed E-state index contributed by atoms with van der Waals surface area (Å²) in [5, 5.41) is 0. The number of hydrogen-bond acceptors (Lipinski definition) is 3. The summed E-state index contributed by atoms with van der Waals surface area (Å²) in [5.74, 6) is 0.0786. The highest BCUT2D eigenvalue weighted by Crippen LogP contribution is 2.41. The molecule has 96 valence electrons. The lowest BCUT2D eigenvalue weighted by atomic mass is 9.68. The molecule has 0 radical (unpaired) electrons. The number of benzene rings is 1. The average Bonchev–Trinajstić information content (AvgIpc) is 2.40. The minimum atomic E-state index is -0.415. The first-order chi connectivity index (χ1) is 8.61. The number of rotatable bonds is 2. The standard InChI is InChI=1S/C14H19N3O/c15-13(18)11-3-1-2-4-12(11)14(16)9-17-7-5-10(14)6-8-17/h1-4,10H,5-9,16H2,(H2,15,18). The van der Waals surface area contributed by atoms with Crippen molar-refractivity contribution in [3.8, 4) is 0 Å². The van der Waals surface area contributed by atoms with Crippen LogP contribution in [-0.4, -0.2) is 30.4 Å². The zero-order chi connectivity index (χ0) is 12.8. The van der Waals surface area contributed by atoms with Crippen molar-refractivity contribution in [3.05, 3.63) is 35.4 Å². The number of piperidine rings is 3. The van der Waals surface area contributed by atoms with E-state index in [4.69, 9.17) is 11.5 Å². The maximum atomic E-state index is 11.6. The third-order valence-corrected chi connectivity index (χ3v) is 4.50. The largest absolute Gasteiger partial charge is 0.366 e. The number of fused-ring (bicyclic) bond motifs is 3. The monoisotopic (exact) mass is 245 g/mol. The molecule has 1 amide bonds. The smallest absolute Gasteiger partial charge is 0.249 e. The lowest BCUT2D eigenvalue weighted by Crippen LogP contribution is -2.62. The van der Waals surface area contributed by atoms with Crippen LogP contribution in [0, 0.1) is 5.92 Å². The van der Waals surface area contributed by atoms with Crippen molar-refractivity contribution in [3.63, 3.8) is 0 Å². The van der Waals surface area contributed by atoms with Gasteiger partial charge in [-0.15, -0.1) is 0 Å². The summed E-state index contributed by atoms with van der Waals surface area (Å²) >= 11 is 0. The molecule has 3 fully saturated rings. The van der Waals surface area contributed by atoms with E-state index in [-0.39, 0.29) is 5.91 Å². The van der Waals surface area contributed by atoms with Crippen LogP contribution in [0.5, 0.6) is 0 Å². The zero-order valence-corrected chi connectivity index (χ0v) is 10.4. The highest BCUT2D eigenvalue weighted by Gasteiger charge is 2.46. The Balaban J connectivity index is 2.06. The number of carbonyl (C=O) groups excluding carboxylic acids is 1. The van der Waals surface area contributed by atoms with E-state index in [1.54, 1.807) is 6.07 Å². The van der Waals surface area contributed by atoms with Crippen molar-refractivity contribution in [2.45, 2.75) is 18.4 Å². The molecule has 3 aliphatic heterocycles. The van der Waals surface area contributed by atoms with E-state index < -0.39 is 5.54 Å². The molecular weight excluding hydrogens is 226 g/mol. The third-order valence-electron chi connectivity index (χ3n) is 4.50. The molecular formula is C14H19N3O. The zero-order valence-electron chi connectivity index (χ0n) is 10.4. The van der Waals surface area contributed by atoms with Crippen LogP contribution in [-0.2, 0) is 5.54 Å². The molecule has 1 unspecified atom stereocenters. The van der Waals surface area contributed by atoms with E-state index in [1.165, 1.54) is 0 Å². The Bertz CT molecular complexity index is 480. The second-order valence-corrected chi connectivity index (χ2v) is 5.50. The van der Waals surface area contributed by atoms with Gasteiger partial charge in [0.15, 0.2) is 0 Å². The summed E-state index contributed by atoms with van der Waals surface area (Å²) in [6.07, 6.45) is 2.23. The molecule has 0 spiro atoms. The fourth-order valence-corrected chi connectivity index (χ4v) is 3.51. The Labute approximate surface area is 107 Å². The highest BCUT2D eigenvalue weighted by atomic mass is 16.1. The molecule has 1 aromatic rings. The van der Waals surface area contributed by atoms with Gasteiger partial charge in [0.1, 0.15) is 0 Å². The van der Waals surface area contributed by atoms with Gasteiger partial charge < -0.3 is 16.4 Å². The summed E-state index contributed by atoms with van der Waals surface area (Å²) in [7, 11) is 0. The lowest BCUT2D eigenvalue weighted by molar-refractivity contribution is 0.0262. The Hall–Kier alpha value is -1.39. The van der Waals surface area contributed by atoms with Gasteiger partial charge in [0.2, 0.25) is 5.91 Å². The van der Waals surface area contributed by atoms with Crippen LogP contribution in [0.25, 0.3) is 0 Å². The summed E-state index contributed by atoms with van der Waals surface area (Å²) in [6.45, 7) is 3.09. The second-order valence-electron chi connectivity index (χ2n) is 5.50. The number of primary amides is 1. The molecule has 3 aliphatic rings. The van der Waals surface area contributed by atoms with E-state index in [0.717, 1.165) is 38.0 Å². The number of hydrogen-bond donors (Lipinski definition) is 2. The van der Waals surface area contributed by atoms with Gasteiger partial charge in [-0.2, -0.15) is 0 Å². The van der Waals surface area contributed by atoms with Crippen LogP contribution < -0.4 is 11.5 Å². The Morgan fingerprint density at radius 2 is 1.94 bits per heavy atom. The van der Waals surface area contributed by atoms with Crippen LogP contribution in [0.3, 0.4) is 0 Å². The van der Waals surface area contributed by atoms with Crippen molar-refractivity contribution in [2.75, 3.05) is 19.6 Å². The fourth-order valence-electron chi connectivity index (χ4n) is 3.51. The van der Waals surface area contributed by atoms with Crippen molar-refractivity contribution in [1.82, 2.24) is 4.90 Å². The van der Waals surface area contributed by atoms with Crippen LogP contribution in [0.2, 0.25) is 0 Å². The molecule has 4 N–H and O–H groups in total. The summed E-state index contributed by atoms with van der Waals surface area (Å²) in [6, 6.07) is 7.52. The van der Waals surface area contributed by atoms with E-state index in [1.807, 2.05) is 18.2 Å². The average molecular weight is 245 g/mol. The molecule has 1 atom stereocenters. The first-order valence-electron chi connectivity index (χ1n) is 6.52. The summed E-state index contributed by atoms with van der Waals surface area (Å²) in [5.41, 5.74) is 13.2. The molecule has 4 rings (SSSR count). The minimum absolute atomic E-state index is 0.383. The van der Waals surface area contributed by atoms with Crippen LogP contribution >= 0.6 is 0 Å². The molecule has 4 nitrogen and oxygen atoms in total. The molecule has 0 aliphatic carbocycles. The molecule has 1 aromatic carbocycles. The topological polar surface area (TPSA) is 72.3 Å². The predicted molar refractivity (Wildman–Crippen MR) is 70.0 cm³/mol. The molecule has 0 saturated carbocycles. The molecule has 4 heteroatoms. The predicted octanol–water partition coefficient (Wildman–Crippen LogP) is 0.665. The molecule has 18 heavy (non-hydrogen) atoms. The van der Waals surface area contributed by atoms with Gasteiger partial charge in [0, 0.05) is 12.1 Å². The first-order valence-corrected chi connectivity index (χ1v) is 6.52. The normalized spacial score (nSPS) is 34.5. The quantitative estimate of drug-likeness (QED) is 0.804. The van der Waals surface area contributed by atoms with Crippen LogP contribution in [0.1, 0.15) is 28.8 Å². The molecule has 3 heterocycles.